The molecule has 1 fully saturated rings. The van der Waals surface area contributed by atoms with E-state index >= 15 is 0 Å². The van der Waals surface area contributed by atoms with Crippen molar-refractivity contribution in [3.8, 4) is 0 Å². The average Bonchev–Trinajstić information content (AvgIpc) is 3.00. The zero-order valence-corrected chi connectivity index (χ0v) is 15.5. The van der Waals surface area contributed by atoms with Crippen molar-refractivity contribution in [3.63, 3.8) is 0 Å². The normalized spacial score (nSPS) is 17.8. The highest BCUT2D eigenvalue weighted by atomic mass is 16.3. The molecule has 1 aliphatic carbocycles. The molecule has 1 aliphatic rings. The highest BCUT2D eigenvalue weighted by molar-refractivity contribution is 5.96. The largest absolute Gasteiger partial charge is 0.461 e. The van der Waals surface area contributed by atoms with Crippen molar-refractivity contribution >= 4 is 24.5 Å². The Morgan fingerprint density at radius 2 is 2.23 bits per heavy atom. The molecule has 1 saturated carbocycles. The van der Waals surface area contributed by atoms with Gasteiger partial charge in [-0.15, -0.1) is 0 Å². The van der Waals surface area contributed by atoms with Gasteiger partial charge in [0, 0.05) is 11.8 Å². The maximum Gasteiger partial charge on any atom is 0.256 e. The van der Waals surface area contributed by atoms with E-state index in [0.717, 1.165) is 12.8 Å². The molecule has 0 spiro atoms. The third kappa shape index (κ3) is 3.56. The molecule has 0 aromatic carbocycles. The number of carbonyl (C=O) groups excluding carboxylic acids is 1. The molecule has 7 nitrogen and oxygen atoms in total. The summed E-state index contributed by atoms with van der Waals surface area (Å²) in [6.45, 7) is 11.5. The Labute approximate surface area is 151 Å². The van der Waals surface area contributed by atoms with Gasteiger partial charge in [0.15, 0.2) is 0 Å². The number of aryl methyl sites for hydroxylation is 1. The first-order chi connectivity index (χ1) is 12.3. The monoisotopic (exact) mass is 356 g/mol. The van der Waals surface area contributed by atoms with E-state index in [1.54, 1.807) is 19.3 Å². The Hall–Kier alpha value is -2.83. The van der Waals surface area contributed by atoms with Gasteiger partial charge in [0.05, 0.1) is 17.0 Å². The second-order valence-corrected chi connectivity index (χ2v) is 6.82. The van der Waals surface area contributed by atoms with Crippen molar-refractivity contribution in [2.75, 3.05) is 0 Å². The van der Waals surface area contributed by atoms with Gasteiger partial charge in [-0.2, -0.15) is 0 Å². The molecule has 7 heteroatoms. The molecule has 2 aromatic rings. The van der Waals surface area contributed by atoms with Crippen LogP contribution in [0.25, 0.3) is 12.4 Å². The molecule has 0 bridgehead atoms. The molecule has 1 amide bonds. The van der Waals surface area contributed by atoms with E-state index in [4.69, 9.17) is 8.83 Å². The molecule has 2 aromatic heterocycles. The number of aromatic nitrogens is 1. The number of rotatable bonds is 6. The number of hydrogen-bond donors (Lipinski definition) is 2. The zero-order chi connectivity index (χ0) is 18.9. The zero-order valence-electron chi connectivity index (χ0n) is 15.5. The van der Waals surface area contributed by atoms with E-state index in [1.165, 1.54) is 6.26 Å². The first kappa shape index (κ1) is 18.0. The molecule has 26 heavy (non-hydrogen) atoms. The fourth-order valence-corrected chi connectivity index (χ4v) is 2.79. The predicted molar refractivity (Wildman–Crippen MR) is 98.9 cm³/mol. The lowest BCUT2D eigenvalue weighted by atomic mass is 10.1. The van der Waals surface area contributed by atoms with Gasteiger partial charge < -0.3 is 19.5 Å². The Bertz CT molecular complexity index is 936. The van der Waals surface area contributed by atoms with E-state index in [9.17, 15) is 4.79 Å². The van der Waals surface area contributed by atoms with Crippen LogP contribution in [0.1, 0.15) is 61.7 Å². The summed E-state index contributed by atoms with van der Waals surface area (Å²) in [6.07, 6.45) is 6.82. The van der Waals surface area contributed by atoms with Gasteiger partial charge in [-0.3, -0.25) is 4.79 Å². The third-order valence-electron chi connectivity index (χ3n) is 4.47. The van der Waals surface area contributed by atoms with E-state index in [2.05, 4.69) is 34.1 Å². The molecule has 3 rings (SSSR count). The number of furan rings is 1. The fraction of sp³-hybridized carbons (Fsp3) is 0.421. The van der Waals surface area contributed by atoms with Crippen molar-refractivity contribution < 1.29 is 13.6 Å². The van der Waals surface area contributed by atoms with Crippen molar-refractivity contribution in [2.24, 2.45) is 4.99 Å². The van der Waals surface area contributed by atoms with E-state index < -0.39 is 0 Å². The summed E-state index contributed by atoms with van der Waals surface area (Å²) in [6, 6.07) is -0.375. The minimum Gasteiger partial charge on any atom is -0.461 e. The lowest BCUT2D eigenvalue weighted by Gasteiger charge is -2.14. The number of carbonyl (C=O) groups is 1. The molecule has 1 unspecified atom stereocenters. The van der Waals surface area contributed by atoms with Crippen LogP contribution < -0.4 is 21.3 Å². The van der Waals surface area contributed by atoms with E-state index in [-0.39, 0.29) is 17.5 Å². The van der Waals surface area contributed by atoms with Gasteiger partial charge in [0.1, 0.15) is 29.3 Å². The smallest absolute Gasteiger partial charge is 0.256 e. The van der Waals surface area contributed by atoms with Gasteiger partial charge in [0.2, 0.25) is 5.89 Å². The van der Waals surface area contributed by atoms with Crippen molar-refractivity contribution in [3.05, 3.63) is 40.3 Å². The first-order valence-corrected chi connectivity index (χ1v) is 8.64. The second-order valence-electron chi connectivity index (χ2n) is 6.82. The number of oxazole rings is 1. The van der Waals surface area contributed by atoms with Crippen LogP contribution >= 0.6 is 0 Å². The standard InChI is InChI=1S/C19H24N4O3/c1-6-20-16(23-19(5)7-8-19)14-12(3)26-13(4)15(14)17(24)22-11(2)18-21-9-10-25-18/h6,9-11,23H,3,7-8H2,1-2,4-5H3,(H,22,24)/b16-14-,20-6-. The Morgan fingerprint density at radius 3 is 2.81 bits per heavy atom. The van der Waals surface area contributed by atoms with Crippen LogP contribution in [0.3, 0.4) is 0 Å². The van der Waals surface area contributed by atoms with Crippen molar-refractivity contribution in [1.82, 2.24) is 15.6 Å². The highest BCUT2D eigenvalue weighted by Crippen LogP contribution is 2.35. The number of amides is 1. The summed E-state index contributed by atoms with van der Waals surface area (Å²) in [4.78, 5) is 21.4. The minimum absolute atomic E-state index is 0.00140. The van der Waals surface area contributed by atoms with Gasteiger partial charge in [-0.1, -0.05) is 6.58 Å². The SMILES string of the molecule is C=c1oc(C)c(C(=O)NC(C)c2ncco2)/c1=C(/N=C\C)NC1(C)CC1. The quantitative estimate of drug-likeness (QED) is 0.770. The first-order valence-electron chi connectivity index (χ1n) is 8.64. The molecular weight excluding hydrogens is 332 g/mol. The summed E-state index contributed by atoms with van der Waals surface area (Å²) in [5, 5.41) is 6.90. The molecule has 1 atom stereocenters. The molecule has 0 saturated heterocycles. The van der Waals surface area contributed by atoms with Crippen LogP contribution in [0.15, 0.2) is 26.3 Å². The molecule has 2 heterocycles. The van der Waals surface area contributed by atoms with E-state index in [1.807, 2.05) is 13.8 Å². The van der Waals surface area contributed by atoms with Gasteiger partial charge >= 0.3 is 0 Å². The van der Waals surface area contributed by atoms with E-state index in [0.29, 0.717) is 33.7 Å². The van der Waals surface area contributed by atoms with Crippen LogP contribution in [0.4, 0.5) is 0 Å². The van der Waals surface area contributed by atoms with Crippen LogP contribution in [-0.2, 0) is 0 Å². The maximum atomic E-state index is 12.9. The number of nitrogens with one attached hydrogen (secondary N) is 2. The molecule has 138 valence electrons. The Morgan fingerprint density at radius 1 is 1.50 bits per heavy atom. The van der Waals surface area contributed by atoms with Gasteiger partial charge in [0.25, 0.3) is 5.91 Å². The molecule has 0 radical (unpaired) electrons. The summed E-state index contributed by atoms with van der Waals surface area (Å²) in [5.41, 5.74) is 0.831. The fourth-order valence-electron chi connectivity index (χ4n) is 2.79. The van der Waals surface area contributed by atoms with Crippen molar-refractivity contribution in [2.45, 2.75) is 52.1 Å². The van der Waals surface area contributed by atoms with Crippen LogP contribution in [0.2, 0.25) is 0 Å². The molecular formula is C19H24N4O3. The number of hydrogen-bond acceptors (Lipinski definition) is 6. The Kier molecular flexibility index (Phi) is 4.71. The Balaban J connectivity index is 2.03. The van der Waals surface area contributed by atoms with Crippen LogP contribution in [-0.4, -0.2) is 22.6 Å². The molecule has 2 N–H and O–H groups in total. The predicted octanol–water partition coefficient (Wildman–Crippen LogP) is 1.78. The topological polar surface area (TPSA) is 92.7 Å². The summed E-state index contributed by atoms with van der Waals surface area (Å²) < 4.78 is 10.9. The third-order valence-corrected chi connectivity index (χ3v) is 4.47. The lowest BCUT2D eigenvalue weighted by molar-refractivity contribution is 0.0931. The van der Waals surface area contributed by atoms with Crippen LogP contribution in [0.5, 0.6) is 0 Å². The van der Waals surface area contributed by atoms with Gasteiger partial charge in [-0.05, 0) is 40.5 Å². The average molecular weight is 356 g/mol. The van der Waals surface area contributed by atoms with Crippen molar-refractivity contribution in [1.29, 1.82) is 0 Å². The molecule has 0 aliphatic heterocycles. The summed E-state index contributed by atoms with van der Waals surface area (Å²) in [7, 11) is 0. The van der Waals surface area contributed by atoms with Crippen LogP contribution in [0, 0.1) is 6.92 Å². The van der Waals surface area contributed by atoms with Gasteiger partial charge in [-0.25, -0.2) is 9.98 Å². The second kappa shape index (κ2) is 6.82. The minimum atomic E-state index is -0.375. The lowest BCUT2D eigenvalue weighted by Crippen LogP contribution is -2.39. The summed E-state index contributed by atoms with van der Waals surface area (Å²) >= 11 is 0. The maximum absolute atomic E-state index is 12.9. The number of nitrogens with zero attached hydrogens (tertiary/aromatic N) is 2. The highest BCUT2D eigenvalue weighted by Gasteiger charge is 2.38. The number of aliphatic imine (C=N–C) groups is 1. The summed E-state index contributed by atoms with van der Waals surface area (Å²) in [5.74, 6) is 1.25.